The molecule has 1 aromatic heterocycles. The van der Waals surface area contributed by atoms with Crippen LogP contribution in [0.3, 0.4) is 0 Å². The van der Waals surface area contributed by atoms with E-state index < -0.39 is 0 Å². The fourth-order valence-electron chi connectivity index (χ4n) is 3.69. The molecule has 5 heteroatoms. The summed E-state index contributed by atoms with van der Waals surface area (Å²) in [4.78, 5) is 11.1. The average molecular weight is 365 g/mol. The third-order valence-corrected chi connectivity index (χ3v) is 4.93. The molecule has 0 amide bonds. The second-order valence-electron chi connectivity index (χ2n) is 7.15. The number of fused-ring (bicyclic) bond motifs is 1. The summed E-state index contributed by atoms with van der Waals surface area (Å²) >= 11 is 0. The highest BCUT2D eigenvalue weighted by atomic mass is 16.5. The number of aromatic nitrogens is 1. The second-order valence-corrected chi connectivity index (χ2v) is 7.15. The molecule has 0 N–H and O–H groups in total. The lowest BCUT2D eigenvalue weighted by Crippen LogP contribution is -2.44. The summed E-state index contributed by atoms with van der Waals surface area (Å²) in [7, 11) is 3.29. The summed E-state index contributed by atoms with van der Waals surface area (Å²) in [5.41, 5.74) is 5.35. The van der Waals surface area contributed by atoms with Gasteiger partial charge < -0.3 is 14.4 Å². The van der Waals surface area contributed by atoms with Gasteiger partial charge in [-0.25, -0.2) is 4.98 Å². The van der Waals surface area contributed by atoms with Crippen LogP contribution in [0.5, 0.6) is 11.6 Å². The van der Waals surface area contributed by atoms with Crippen LogP contribution in [-0.4, -0.2) is 37.5 Å². The number of aliphatic imine (C=N–C) groups is 1. The Bertz CT molecular complexity index is 883. The van der Waals surface area contributed by atoms with Gasteiger partial charge in [-0.1, -0.05) is 6.08 Å². The predicted octanol–water partition coefficient (Wildman–Crippen LogP) is 4.87. The van der Waals surface area contributed by atoms with Crippen molar-refractivity contribution in [2.45, 2.75) is 33.2 Å². The molecule has 0 aliphatic carbocycles. The molecule has 2 heterocycles. The first-order valence-electron chi connectivity index (χ1n) is 9.13. The quantitative estimate of drug-likeness (QED) is 0.709. The van der Waals surface area contributed by atoms with Gasteiger partial charge in [0.15, 0.2) is 0 Å². The molecule has 0 saturated heterocycles. The van der Waals surface area contributed by atoms with Crippen molar-refractivity contribution in [2.75, 3.05) is 25.7 Å². The van der Waals surface area contributed by atoms with E-state index in [4.69, 9.17) is 9.47 Å². The third kappa shape index (κ3) is 3.68. The summed E-state index contributed by atoms with van der Waals surface area (Å²) in [6.45, 7) is 9.74. The number of likely N-dealkylation sites (N-methyl/N-ethyl adjacent to an activating group) is 1. The average Bonchev–Trinajstić information content (AvgIpc) is 2.66. The molecule has 142 valence electrons. The van der Waals surface area contributed by atoms with Crippen LogP contribution < -0.4 is 14.4 Å². The van der Waals surface area contributed by atoms with E-state index in [2.05, 4.69) is 60.8 Å². The maximum atomic E-state index is 5.66. The lowest BCUT2D eigenvalue weighted by molar-refractivity contribution is 0.398. The van der Waals surface area contributed by atoms with E-state index in [0.717, 1.165) is 23.5 Å². The number of methoxy groups -OCH3 is 2. The number of hydrogen-bond acceptors (Lipinski definition) is 5. The number of ether oxygens (including phenoxy) is 2. The fraction of sp³-hybridized carbons (Fsp3) is 0.364. The van der Waals surface area contributed by atoms with Gasteiger partial charge in [0, 0.05) is 41.7 Å². The molecule has 0 atom stereocenters. The van der Waals surface area contributed by atoms with Crippen LogP contribution in [-0.2, 0) is 0 Å². The first-order chi connectivity index (χ1) is 12.9. The van der Waals surface area contributed by atoms with Crippen LogP contribution in [0, 0.1) is 0 Å². The van der Waals surface area contributed by atoms with E-state index in [-0.39, 0.29) is 5.54 Å². The summed E-state index contributed by atoms with van der Waals surface area (Å²) in [5.74, 6) is 1.38. The SMILES string of the molecule is CCN1c2cc(OC)c(C=Nc3ccc(OC)nc3)cc2C(C)=CC1(C)C. The summed E-state index contributed by atoms with van der Waals surface area (Å²) in [6.07, 6.45) is 5.83. The monoisotopic (exact) mass is 365 g/mol. The molecule has 0 unspecified atom stereocenters. The minimum Gasteiger partial charge on any atom is -0.496 e. The second kappa shape index (κ2) is 7.43. The molecular weight excluding hydrogens is 338 g/mol. The molecule has 5 nitrogen and oxygen atoms in total. The third-order valence-electron chi connectivity index (χ3n) is 4.93. The standard InChI is InChI=1S/C22H27N3O2/c1-7-25-19-11-20(26-5)16(10-18(19)15(2)12-22(25,3)4)13-23-17-8-9-21(27-6)24-14-17/h8-14H,7H2,1-6H3. The van der Waals surface area contributed by atoms with E-state index in [1.54, 1.807) is 26.5 Å². The molecule has 1 aliphatic rings. The van der Waals surface area contributed by atoms with Crippen molar-refractivity contribution in [2.24, 2.45) is 4.99 Å². The molecule has 3 rings (SSSR count). The Morgan fingerprint density at radius 1 is 1.19 bits per heavy atom. The number of nitrogens with zero attached hydrogens (tertiary/aromatic N) is 3. The van der Waals surface area contributed by atoms with Gasteiger partial charge in [-0.2, -0.15) is 0 Å². The maximum absolute atomic E-state index is 5.66. The number of hydrogen-bond donors (Lipinski definition) is 0. The predicted molar refractivity (Wildman–Crippen MR) is 112 cm³/mol. The van der Waals surface area contributed by atoms with E-state index in [1.165, 1.54) is 16.8 Å². The Morgan fingerprint density at radius 3 is 2.56 bits per heavy atom. The molecule has 2 aromatic rings. The number of anilines is 1. The lowest BCUT2D eigenvalue weighted by Gasteiger charge is -2.43. The van der Waals surface area contributed by atoms with Crippen molar-refractivity contribution in [1.82, 2.24) is 4.98 Å². The van der Waals surface area contributed by atoms with E-state index in [1.807, 2.05) is 12.3 Å². The largest absolute Gasteiger partial charge is 0.496 e. The molecule has 0 radical (unpaired) electrons. The molecule has 0 spiro atoms. The van der Waals surface area contributed by atoms with Crippen LogP contribution >= 0.6 is 0 Å². The van der Waals surface area contributed by atoms with Gasteiger partial charge in [0.05, 0.1) is 31.6 Å². The Hall–Kier alpha value is -2.82. The highest BCUT2D eigenvalue weighted by Crippen LogP contribution is 2.41. The molecule has 0 bridgehead atoms. The molecule has 0 saturated carbocycles. The molecule has 0 fully saturated rings. The van der Waals surface area contributed by atoms with E-state index in [9.17, 15) is 0 Å². The van der Waals surface area contributed by atoms with Gasteiger partial charge in [-0.05, 0) is 45.4 Å². The number of rotatable bonds is 5. The summed E-state index contributed by atoms with van der Waals surface area (Å²) in [6, 6.07) is 7.94. The Balaban J connectivity index is 2.02. The Labute approximate surface area is 161 Å². The van der Waals surface area contributed by atoms with Gasteiger partial charge >= 0.3 is 0 Å². The molecular formula is C22H27N3O2. The summed E-state index contributed by atoms with van der Waals surface area (Å²) < 4.78 is 10.7. The van der Waals surface area contributed by atoms with Crippen LogP contribution in [0.15, 0.2) is 41.5 Å². The van der Waals surface area contributed by atoms with Gasteiger partial charge in [0.25, 0.3) is 0 Å². The Kier molecular flexibility index (Phi) is 5.22. The molecule has 1 aromatic carbocycles. The van der Waals surface area contributed by atoms with Crippen molar-refractivity contribution < 1.29 is 9.47 Å². The van der Waals surface area contributed by atoms with E-state index >= 15 is 0 Å². The zero-order valence-electron chi connectivity index (χ0n) is 16.9. The van der Waals surface area contributed by atoms with Crippen LogP contribution in [0.2, 0.25) is 0 Å². The van der Waals surface area contributed by atoms with Crippen LogP contribution in [0.25, 0.3) is 5.57 Å². The first-order valence-corrected chi connectivity index (χ1v) is 9.13. The zero-order chi connectivity index (χ0) is 19.6. The molecule has 1 aliphatic heterocycles. The highest BCUT2D eigenvalue weighted by molar-refractivity contribution is 5.91. The van der Waals surface area contributed by atoms with Crippen LogP contribution in [0.4, 0.5) is 11.4 Å². The van der Waals surface area contributed by atoms with Crippen molar-refractivity contribution in [1.29, 1.82) is 0 Å². The normalized spacial score (nSPS) is 15.5. The van der Waals surface area contributed by atoms with Crippen molar-refractivity contribution in [3.63, 3.8) is 0 Å². The minimum atomic E-state index is -0.0266. The maximum Gasteiger partial charge on any atom is 0.213 e. The van der Waals surface area contributed by atoms with Gasteiger partial charge in [0.2, 0.25) is 5.88 Å². The smallest absolute Gasteiger partial charge is 0.213 e. The number of pyridine rings is 1. The summed E-state index contributed by atoms with van der Waals surface area (Å²) in [5, 5.41) is 0. The zero-order valence-corrected chi connectivity index (χ0v) is 16.9. The van der Waals surface area contributed by atoms with Gasteiger partial charge in [-0.3, -0.25) is 4.99 Å². The molecule has 27 heavy (non-hydrogen) atoms. The van der Waals surface area contributed by atoms with Crippen LogP contribution in [0.1, 0.15) is 38.8 Å². The minimum absolute atomic E-state index is 0.0266. The Morgan fingerprint density at radius 2 is 1.96 bits per heavy atom. The van der Waals surface area contributed by atoms with Crippen molar-refractivity contribution >= 4 is 23.2 Å². The van der Waals surface area contributed by atoms with Gasteiger partial charge in [0.1, 0.15) is 5.75 Å². The van der Waals surface area contributed by atoms with Gasteiger partial charge in [-0.15, -0.1) is 0 Å². The first kappa shape index (κ1) is 19.0. The highest BCUT2D eigenvalue weighted by Gasteiger charge is 2.31. The fourth-order valence-corrected chi connectivity index (χ4v) is 3.69. The topological polar surface area (TPSA) is 47.0 Å². The number of benzene rings is 1. The number of allylic oxidation sites excluding steroid dienone is 1. The lowest BCUT2D eigenvalue weighted by atomic mass is 9.88. The van der Waals surface area contributed by atoms with Crippen molar-refractivity contribution in [3.8, 4) is 11.6 Å². The van der Waals surface area contributed by atoms with E-state index in [0.29, 0.717) is 5.88 Å². The van der Waals surface area contributed by atoms with Crippen molar-refractivity contribution in [3.05, 3.63) is 47.7 Å².